The van der Waals surface area contributed by atoms with Crippen LogP contribution in [-0.2, 0) is 16.0 Å². The number of carbonyl (C=O) groups excluding carboxylic acids is 2. The number of halogens is 1. The van der Waals surface area contributed by atoms with Crippen molar-refractivity contribution >= 4 is 28.8 Å². The molecule has 1 aromatic heterocycles. The van der Waals surface area contributed by atoms with Crippen LogP contribution in [0.15, 0.2) is 60.0 Å². The molecule has 0 aliphatic heterocycles. The number of amides is 2. The first-order valence-corrected chi connectivity index (χ1v) is 12.5. The number of rotatable bonds is 9. The molecule has 0 bridgehead atoms. The number of hydrogen-bond acceptors (Lipinski definition) is 5. The molecule has 0 spiro atoms. The Morgan fingerprint density at radius 2 is 1.71 bits per heavy atom. The fraction of sp³-hybridized carbons (Fsp3) is 0.333. The number of benzene rings is 2. The predicted octanol–water partition coefficient (Wildman–Crippen LogP) is 5.28. The molecule has 1 atom stereocenters. The van der Waals surface area contributed by atoms with E-state index in [1.807, 2.05) is 17.5 Å². The van der Waals surface area contributed by atoms with Crippen LogP contribution >= 0.6 is 11.3 Å². The smallest absolute Gasteiger partial charge is 0.248 e. The van der Waals surface area contributed by atoms with Gasteiger partial charge < -0.3 is 14.8 Å². The zero-order valence-electron chi connectivity index (χ0n) is 19.8. The lowest BCUT2D eigenvalue weighted by Crippen LogP contribution is -2.46. The molecule has 1 aliphatic carbocycles. The summed E-state index contributed by atoms with van der Waals surface area (Å²) < 4.78 is 24.7. The maximum atomic E-state index is 13.8. The summed E-state index contributed by atoms with van der Waals surface area (Å²) in [5.74, 6) is -0.00338. The molecule has 1 saturated carbocycles. The van der Waals surface area contributed by atoms with E-state index < -0.39 is 11.9 Å². The summed E-state index contributed by atoms with van der Waals surface area (Å²) in [7, 11) is 3.06. The number of nitrogens with one attached hydrogen (secondary N) is 1. The minimum atomic E-state index is -1.000. The normalized spacial score (nSPS) is 14.4. The molecule has 0 radical (unpaired) electrons. The Bertz CT molecular complexity index is 1120. The molecule has 8 heteroatoms. The van der Waals surface area contributed by atoms with Gasteiger partial charge in [0.2, 0.25) is 11.8 Å². The lowest BCUT2D eigenvalue weighted by atomic mass is 10.0. The summed E-state index contributed by atoms with van der Waals surface area (Å²) in [6.45, 7) is 0. The van der Waals surface area contributed by atoms with Crippen LogP contribution in [0.4, 0.5) is 10.1 Å². The van der Waals surface area contributed by atoms with E-state index in [0.717, 1.165) is 30.6 Å². The fourth-order valence-electron chi connectivity index (χ4n) is 4.43. The molecule has 4 rings (SSSR count). The third kappa shape index (κ3) is 6.00. The van der Waals surface area contributed by atoms with Crippen molar-refractivity contribution in [3.8, 4) is 11.5 Å². The lowest BCUT2D eigenvalue weighted by molar-refractivity contribution is -0.127. The summed E-state index contributed by atoms with van der Waals surface area (Å²) >= 11 is 1.48. The van der Waals surface area contributed by atoms with Crippen LogP contribution in [0.2, 0.25) is 0 Å². The van der Waals surface area contributed by atoms with Gasteiger partial charge >= 0.3 is 0 Å². The molecule has 1 aliphatic rings. The highest BCUT2D eigenvalue weighted by molar-refractivity contribution is 7.10. The Kier molecular flexibility index (Phi) is 8.02. The van der Waals surface area contributed by atoms with Crippen LogP contribution < -0.4 is 19.7 Å². The van der Waals surface area contributed by atoms with Gasteiger partial charge in [0.25, 0.3) is 0 Å². The maximum absolute atomic E-state index is 13.8. The summed E-state index contributed by atoms with van der Waals surface area (Å²) in [6, 6.07) is 13.7. The van der Waals surface area contributed by atoms with E-state index in [4.69, 9.17) is 9.47 Å². The first kappa shape index (κ1) is 24.7. The average Bonchev–Trinajstić information content (AvgIpc) is 3.57. The number of anilines is 1. The zero-order chi connectivity index (χ0) is 24.8. The van der Waals surface area contributed by atoms with Crippen molar-refractivity contribution in [2.75, 3.05) is 19.1 Å². The Hall–Kier alpha value is -3.39. The van der Waals surface area contributed by atoms with Crippen molar-refractivity contribution < 1.29 is 23.5 Å². The van der Waals surface area contributed by atoms with Crippen molar-refractivity contribution in [2.45, 2.75) is 44.2 Å². The minimum absolute atomic E-state index is 0.0551. The number of ether oxygens (including phenoxy) is 2. The summed E-state index contributed by atoms with van der Waals surface area (Å²) in [5.41, 5.74) is 0.974. The minimum Gasteiger partial charge on any atom is -0.497 e. The zero-order valence-corrected chi connectivity index (χ0v) is 20.6. The van der Waals surface area contributed by atoms with E-state index in [2.05, 4.69) is 5.32 Å². The van der Waals surface area contributed by atoms with Gasteiger partial charge in [-0.25, -0.2) is 4.39 Å². The molecule has 35 heavy (non-hydrogen) atoms. The summed E-state index contributed by atoms with van der Waals surface area (Å²) in [6.07, 6.45) is 4.03. The molecular weight excluding hydrogens is 467 g/mol. The third-order valence-electron chi connectivity index (χ3n) is 6.18. The highest BCUT2D eigenvalue weighted by atomic mass is 32.1. The molecule has 1 N–H and O–H groups in total. The van der Waals surface area contributed by atoms with Gasteiger partial charge in [-0.2, -0.15) is 0 Å². The van der Waals surface area contributed by atoms with E-state index in [1.165, 1.54) is 42.6 Å². The van der Waals surface area contributed by atoms with E-state index in [1.54, 1.807) is 30.3 Å². The second-order valence-electron chi connectivity index (χ2n) is 8.53. The van der Waals surface area contributed by atoms with Crippen LogP contribution in [0.25, 0.3) is 0 Å². The van der Waals surface area contributed by atoms with Crippen molar-refractivity contribution in [2.24, 2.45) is 0 Å². The Morgan fingerprint density at radius 3 is 2.29 bits per heavy atom. The van der Waals surface area contributed by atoms with Crippen LogP contribution in [0.5, 0.6) is 11.5 Å². The molecule has 2 amide bonds. The molecule has 0 saturated heterocycles. The summed E-state index contributed by atoms with van der Waals surface area (Å²) in [5, 5.41) is 5.04. The van der Waals surface area contributed by atoms with Crippen LogP contribution in [-0.4, -0.2) is 32.1 Å². The number of nitrogens with zero attached hydrogens (tertiary/aromatic N) is 1. The standard InChI is InChI=1S/C27H29FN2O4S/c1-33-22-14-21(15-23(16-22)34-2)30(25(31)17-24-8-5-13-35-24)26(18-9-11-19(28)12-10-18)27(32)29-20-6-3-4-7-20/h5,8-16,20,26H,3-4,6-7,17H2,1-2H3,(H,29,32). The maximum Gasteiger partial charge on any atom is 0.248 e. The molecule has 3 aromatic rings. The SMILES string of the molecule is COc1cc(OC)cc(N(C(=O)Cc2cccs2)C(C(=O)NC2CCCC2)c2ccc(F)cc2)c1. The quantitative estimate of drug-likeness (QED) is 0.438. The highest BCUT2D eigenvalue weighted by Crippen LogP contribution is 2.35. The third-order valence-corrected chi connectivity index (χ3v) is 7.06. The topological polar surface area (TPSA) is 67.9 Å². The lowest BCUT2D eigenvalue weighted by Gasteiger charge is -2.32. The molecule has 1 heterocycles. The Balaban J connectivity index is 1.81. The van der Waals surface area contributed by atoms with Crippen LogP contribution in [0, 0.1) is 5.82 Å². The monoisotopic (exact) mass is 496 g/mol. The van der Waals surface area contributed by atoms with E-state index >= 15 is 0 Å². The highest BCUT2D eigenvalue weighted by Gasteiger charge is 2.35. The molecular formula is C27H29FN2O4S. The molecule has 1 unspecified atom stereocenters. The van der Waals surface area contributed by atoms with E-state index in [9.17, 15) is 14.0 Å². The summed E-state index contributed by atoms with van der Waals surface area (Å²) in [4.78, 5) is 29.9. The number of hydrogen-bond donors (Lipinski definition) is 1. The van der Waals surface area contributed by atoms with E-state index in [-0.39, 0.29) is 24.3 Å². The molecule has 2 aromatic carbocycles. The van der Waals surface area contributed by atoms with Gasteiger partial charge in [0, 0.05) is 29.1 Å². The molecule has 6 nitrogen and oxygen atoms in total. The van der Waals surface area contributed by atoms with Crippen molar-refractivity contribution in [3.63, 3.8) is 0 Å². The molecule has 184 valence electrons. The fourth-order valence-corrected chi connectivity index (χ4v) is 5.12. The first-order valence-electron chi connectivity index (χ1n) is 11.6. The van der Waals surface area contributed by atoms with Crippen molar-refractivity contribution in [1.82, 2.24) is 5.32 Å². The van der Waals surface area contributed by atoms with Crippen LogP contribution in [0.1, 0.15) is 42.2 Å². The van der Waals surface area contributed by atoms with Gasteiger partial charge in [0.15, 0.2) is 0 Å². The van der Waals surface area contributed by atoms with E-state index in [0.29, 0.717) is 22.7 Å². The second-order valence-corrected chi connectivity index (χ2v) is 9.57. The van der Waals surface area contributed by atoms with Gasteiger partial charge in [-0.3, -0.25) is 14.5 Å². The second kappa shape index (κ2) is 11.4. The number of methoxy groups -OCH3 is 2. The van der Waals surface area contributed by atoms with Gasteiger partial charge in [-0.1, -0.05) is 31.0 Å². The van der Waals surface area contributed by atoms with Gasteiger partial charge in [-0.05, 0) is 42.0 Å². The van der Waals surface area contributed by atoms with Crippen LogP contribution in [0.3, 0.4) is 0 Å². The van der Waals surface area contributed by atoms with Gasteiger partial charge in [0.05, 0.1) is 26.3 Å². The number of thiophene rings is 1. The van der Waals surface area contributed by atoms with Crippen molar-refractivity contribution in [3.05, 3.63) is 76.2 Å². The number of carbonyl (C=O) groups is 2. The van der Waals surface area contributed by atoms with Gasteiger partial charge in [-0.15, -0.1) is 11.3 Å². The van der Waals surface area contributed by atoms with Gasteiger partial charge in [0.1, 0.15) is 23.4 Å². The Labute approximate surface area is 208 Å². The average molecular weight is 497 g/mol. The Morgan fingerprint density at radius 1 is 1.06 bits per heavy atom. The predicted molar refractivity (Wildman–Crippen MR) is 135 cm³/mol. The largest absolute Gasteiger partial charge is 0.497 e. The molecule has 1 fully saturated rings. The first-order chi connectivity index (χ1) is 17.0. The van der Waals surface area contributed by atoms with Crippen molar-refractivity contribution in [1.29, 1.82) is 0 Å².